The summed E-state index contributed by atoms with van der Waals surface area (Å²) in [7, 11) is 0. The Morgan fingerprint density at radius 2 is 1.26 bits per heavy atom. The molecular formula is C49H33N3O. The highest BCUT2D eigenvalue weighted by atomic mass is 16.3. The summed E-state index contributed by atoms with van der Waals surface area (Å²) in [6.07, 6.45) is 11.2. The lowest BCUT2D eigenvalue weighted by molar-refractivity contribution is 0.669. The molecule has 2 heterocycles. The zero-order valence-electron chi connectivity index (χ0n) is 28.8. The molecule has 0 fully saturated rings. The average molecular weight is 680 g/mol. The van der Waals surface area contributed by atoms with Crippen molar-refractivity contribution in [2.45, 2.75) is 12.1 Å². The number of para-hydroxylation sites is 1. The molecule has 0 amide bonds. The van der Waals surface area contributed by atoms with E-state index in [1.807, 2.05) is 18.2 Å². The summed E-state index contributed by atoms with van der Waals surface area (Å²) < 4.78 is 6.53. The van der Waals surface area contributed by atoms with Crippen molar-refractivity contribution in [1.29, 1.82) is 0 Å². The number of amidine groups is 2. The van der Waals surface area contributed by atoms with Gasteiger partial charge in [-0.05, 0) is 73.6 Å². The predicted molar refractivity (Wildman–Crippen MR) is 219 cm³/mol. The molecule has 3 unspecified atom stereocenters. The molecule has 4 nitrogen and oxygen atoms in total. The first kappa shape index (κ1) is 29.9. The molecule has 250 valence electrons. The molecule has 2 aliphatic carbocycles. The van der Waals surface area contributed by atoms with Crippen molar-refractivity contribution in [3.05, 3.63) is 203 Å². The third kappa shape index (κ3) is 4.83. The maximum absolute atomic E-state index is 6.53. The highest BCUT2D eigenvalue weighted by molar-refractivity contribution is 6.28. The summed E-state index contributed by atoms with van der Waals surface area (Å²) in [5.74, 6) is 2.11. The summed E-state index contributed by atoms with van der Waals surface area (Å²) in [5.41, 5.74) is 9.68. The largest absolute Gasteiger partial charge is 0.456 e. The number of benzene rings is 7. The van der Waals surface area contributed by atoms with Gasteiger partial charge < -0.3 is 9.73 Å². The van der Waals surface area contributed by atoms with Gasteiger partial charge in [0.15, 0.2) is 6.17 Å². The van der Waals surface area contributed by atoms with Crippen LogP contribution >= 0.6 is 0 Å². The Kier molecular flexibility index (Phi) is 6.71. The average Bonchev–Trinajstić information content (AvgIpc) is 3.62. The topological polar surface area (TPSA) is 49.9 Å². The Bertz CT molecular complexity index is 2940. The van der Waals surface area contributed by atoms with E-state index >= 15 is 0 Å². The SMILES string of the molecule is C1=CC2C=Cc3ccccc3C2C=C1c1ccc2oc3ccccc3c2c1C1=NC(c2ccccc2)N=C(c2cc3ccccc3c3ccccc23)N1. The van der Waals surface area contributed by atoms with Crippen molar-refractivity contribution in [1.82, 2.24) is 5.32 Å². The van der Waals surface area contributed by atoms with E-state index in [0.29, 0.717) is 5.92 Å². The van der Waals surface area contributed by atoms with Gasteiger partial charge >= 0.3 is 0 Å². The van der Waals surface area contributed by atoms with Crippen LogP contribution in [0.15, 0.2) is 184 Å². The van der Waals surface area contributed by atoms with Gasteiger partial charge in [0.05, 0.1) is 0 Å². The number of aliphatic imine (C=N–C) groups is 2. The molecule has 1 N–H and O–H groups in total. The van der Waals surface area contributed by atoms with Crippen LogP contribution < -0.4 is 5.32 Å². The highest BCUT2D eigenvalue weighted by Crippen LogP contribution is 2.44. The van der Waals surface area contributed by atoms with E-state index in [-0.39, 0.29) is 5.92 Å². The maximum Gasteiger partial charge on any atom is 0.169 e. The van der Waals surface area contributed by atoms with E-state index in [1.165, 1.54) is 32.9 Å². The van der Waals surface area contributed by atoms with Gasteiger partial charge in [-0.15, -0.1) is 0 Å². The number of nitrogens with one attached hydrogen (secondary N) is 1. The maximum atomic E-state index is 6.53. The van der Waals surface area contributed by atoms with E-state index in [4.69, 9.17) is 14.4 Å². The first-order valence-electron chi connectivity index (χ1n) is 18.3. The number of furan rings is 1. The van der Waals surface area contributed by atoms with E-state index in [9.17, 15) is 0 Å². The fourth-order valence-electron chi connectivity index (χ4n) is 8.58. The van der Waals surface area contributed by atoms with E-state index < -0.39 is 6.17 Å². The second-order valence-electron chi connectivity index (χ2n) is 14.1. The molecule has 11 rings (SSSR count). The van der Waals surface area contributed by atoms with E-state index in [2.05, 4.69) is 163 Å². The number of hydrogen-bond acceptors (Lipinski definition) is 4. The molecule has 7 aromatic carbocycles. The minimum Gasteiger partial charge on any atom is -0.456 e. The third-order valence-corrected chi connectivity index (χ3v) is 11.1. The van der Waals surface area contributed by atoms with Gasteiger partial charge in [0.25, 0.3) is 0 Å². The van der Waals surface area contributed by atoms with Gasteiger partial charge in [0.2, 0.25) is 0 Å². The third-order valence-electron chi connectivity index (χ3n) is 11.1. The molecule has 4 heteroatoms. The van der Waals surface area contributed by atoms with Gasteiger partial charge in [-0.2, -0.15) is 0 Å². The van der Waals surface area contributed by atoms with Crippen molar-refractivity contribution >= 4 is 66.8 Å². The summed E-state index contributed by atoms with van der Waals surface area (Å²) in [5, 5.41) is 10.7. The van der Waals surface area contributed by atoms with Crippen LogP contribution in [0.25, 0.3) is 55.1 Å². The zero-order chi connectivity index (χ0) is 34.9. The fraction of sp³-hybridized carbons (Fsp3) is 0.0612. The van der Waals surface area contributed by atoms with Crippen LogP contribution in [0.3, 0.4) is 0 Å². The first-order valence-corrected chi connectivity index (χ1v) is 18.3. The predicted octanol–water partition coefficient (Wildman–Crippen LogP) is 11.8. The standard InChI is InChI=1S/C49H33N3O/c1-2-13-32(14-3-1)47-50-48(42-29-33-15-5-7-17-36(33)38-18-8-9-19-39(38)42)52-49(51-47)46-37(26-27-44-45(46)40-20-10-11-21-43(40)53-44)34-25-24-31-23-22-30-12-4-6-16-35(30)41(31)28-34/h1-29,31,41,47H,(H,50,51,52). The molecule has 3 atom stereocenters. The highest BCUT2D eigenvalue weighted by Gasteiger charge is 2.30. The zero-order valence-corrected chi connectivity index (χ0v) is 28.8. The van der Waals surface area contributed by atoms with E-state index in [0.717, 1.165) is 61.2 Å². The molecule has 0 bridgehead atoms. The van der Waals surface area contributed by atoms with Crippen molar-refractivity contribution in [2.24, 2.45) is 15.9 Å². The molecule has 8 aromatic rings. The Morgan fingerprint density at radius 1 is 0.547 bits per heavy atom. The summed E-state index contributed by atoms with van der Waals surface area (Å²) >= 11 is 0. The molecule has 1 aromatic heterocycles. The van der Waals surface area contributed by atoms with Crippen LogP contribution in [0.1, 0.15) is 45.5 Å². The summed E-state index contributed by atoms with van der Waals surface area (Å²) in [6, 6.07) is 51.3. The molecule has 1 aliphatic heterocycles. The molecule has 3 aliphatic rings. The molecule has 53 heavy (non-hydrogen) atoms. The van der Waals surface area contributed by atoms with Crippen molar-refractivity contribution in [3.8, 4) is 0 Å². The second kappa shape index (κ2) is 11.9. The quantitative estimate of drug-likeness (QED) is 0.188. The first-order chi connectivity index (χ1) is 26.3. The minimum absolute atomic E-state index is 0.236. The van der Waals surface area contributed by atoms with Crippen LogP contribution in [0.4, 0.5) is 0 Å². The van der Waals surface area contributed by atoms with Crippen LogP contribution in [0, 0.1) is 5.92 Å². The van der Waals surface area contributed by atoms with Crippen LogP contribution in [0.2, 0.25) is 0 Å². The van der Waals surface area contributed by atoms with Gasteiger partial charge in [0, 0.05) is 33.7 Å². The van der Waals surface area contributed by atoms with Gasteiger partial charge in [-0.25, -0.2) is 9.98 Å². The molecular weight excluding hydrogens is 647 g/mol. The van der Waals surface area contributed by atoms with Gasteiger partial charge in [-0.1, -0.05) is 152 Å². The number of allylic oxidation sites excluding steroid dienone is 5. The van der Waals surface area contributed by atoms with Crippen molar-refractivity contribution < 1.29 is 4.42 Å². The smallest absolute Gasteiger partial charge is 0.169 e. The number of rotatable bonds is 4. The van der Waals surface area contributed by atoms with Crippen LogP contribution in [0.5, 0.6) is 0 Å². The Morgan fingerprint density at radius 3 is 2.17 bits per heavy atom. The van der Waals surface area contributed by atoms with Crippen LogP contribution in [-0.2, 0) is 0 Å². The lowest BCUT2D eigenvalue weighted by Gasteiger charge is -2.30. The Balaban J connectivity index is 1.16. The number of fused-ring (bicyclic) bond motifs is 9. The second-order valence-corrected chi connectivity index (χ2v) is 14.1. The molecule has 0 radical (unpaired) electrons. The summed E-state index contributed by atoms with van der Waals surface area (Å²) in [4.78, 5) is 10.8. The van der Waals surface area contributed by atoms with Crippen molar-refractivity contribution in [2.75, 3.05) is 0 Å². The minimum atomic E-state index is -0.454. The van der Waals surface area contributed by atoms with Crippen LogP contribution in [-0.4, -0.2) is 11.7 Å². The molecule has 0 saturated heterocycles. The lowest BCUT2D eigenvalue weighted by Crippen LogP contribution is -2.37. The molecule has 0 saturated carbocycles. The number of hydrogen-bond donors (Lipinski definition) is 1. The van der Waals surface area contributed by atoms with E-state index in [1.54, 1.807) is 0 Å². The van der Waals surface area contributed by atoms with Gasteiger partial charge in [0.1, 0.15) is 22.8 Å². The fourth-order valence-corrected chi connectivity index (χ4v) is 8.58. The lowest BCUT2D eigenvalue weighted by atomic mass is 9.74. The van der Waals surface area contributed by atoms with Gasteiger partial charge in [-0.3, -0.25) is 0 Å². The van der Waals surface area contributed by atoms with Crippen molar-refractivity contribution in [3.63, 3.8) is 0 Å². The molecule has 0 spiro atoms. The Labute approximate surface area is 306 Å². The number of nitrogens with zero attached hydrogens (tertiary/aromatic N) is 2. The monoisotopic (exact) mass is 679 g/mol. The Hall–Kier alpha value is -6.78. The normalized spacial score (nSPS) is 19.1. The summed E-state index contributed by atoms with van der Waals surface area (Å²) in [6.45, 7) is 0.